The molecule has 0 bridgehead atoms. The maximum Gasteiger partial charge on any atom is 0.261 e. The van der Waals surface area contributed by atoms with Gasteiger partial charge in [0.05, 0.1) is 12.3 Å². The smallest absolute Gasteiger partial charge is 0.261 e. The van der Waals surface area contributed by atoms with Crippen LogP contribution in [0.1, 0.15) is 31.7 Å². The summed E-state index contributed by atoms with van der Waals surface area (Å²) in [6.45, 7) is 3.73. The third-order valence-electron chi connectivity index (χ3n) is 5.11. The molecule has 1 amide bonds. The van der Waals surface area contributed by atoms with Crippen molar-refractivity contribution in [3.8, 4) is 28.8 Å². The minimum atomic E-state index is -0.423. The van der Waals surface area contributed by atoms with Crippen LogP contribution in [0.15, 0.2) is 66.4 Å². The van der Waals surface area contributed by atoms with Gasteiger partial charge in [-0.25, -0.2) is 4.68 Å². The zero-order chi connectivity index (χ0) is 24.2. The second-order valence-electron chi connectivity index (χ2n) is 7.72. The Kier molecular flexibility index (Phi) is 9.44. The van der Waals surface area contributed by atoms with Gasteiger partial charge in [0.15, 0.2) is 0 Å². The molecule has 0 fully saturated rings. The predicted molar refractivity (Wildman–Crippen MR) is 132 cm³/mol. The van der Waals surface area contributed by atoms with Crippen molar-refractivity contribution in [2.75, 3.05) is 26.9 Å². The molecule has 0 spiro atoms. The Hall–Kier alpha value is -3.89. The van der Waals surface area contributed by atoms with Crippen molar-refractivity contribution in [3.63, 3.8) is 0 Å². The number of amides is 1. The fraction of sp³-hybridized carbons (Fsp3) is 0.296. The molecule has 1 aromatic heterocycles. The third-order valence-corrected chi connectivity index (χ3v) is 5.11. The number of carbonyl (C=O) groups is 1. The van der Waals surface area contributed by atoms with Gasteiger partial charge in [0.2, 0.25) is 0 Å². The molecule has 176 valence electrons. The maximum atomic E-state index is 12.6. The summed E-state index contributed by atoms with van der Waals surface area (Å²) in [5.41, 5.74) is 3.05. The van der Waals surface area contributed by atoms with Crippen LogP contribution in [0, 0.1) is 11.3 Å². The minimum absolute atomic E-state index is 0.0154. The molecule has 1 N–H and O–H groups in total. The zero-order valence-electron chi connectivity index (χ0n) is 19.7. The summed E-state index contributed by atoms with van der Waals surface area (Å²) in [6, 6.07) is 19.4. The van der Waals surface area contributed by atoms with Crippen molar-refractivity contribution in [3.05, 3.63) is 71.9 Å². The lowest BCUT2D eigenvalue weighted by Gasteiger charge is -2.07. The summed E-state index contributed by atoms with van der Waals surface area (Å²) >= 11 is 0. The highest BCUT2D eigenvalue weighted by Gasteiger charge is 2.15. The number of aromatic nitrogens is 2. The second-order valence-corrected chi connectivity index (χ2v) is 7.72. The molecule has 34 heavy (non-hydrogen) atoms. The van der Waals surface area contributed by atoms with Gasteiger partial charge in [0, 0.05) is 37.6 Å². The Balaban J connectivity index is 1.97. The van der Waals surface area contributed by atoms with Crippen LogP contribution < -0.4 is 10.1 Å². The van der Waals surface area contributed by atoms with Crippen LogP contribution in [0.2, 0.25) is 0 Å². The highest BCUT2D eigenvalue weighted by atomic mass is 16.5. The first-order valence-electron chi connectivity index (χ1n) is 11.4. The number of para-hydroxylation sites is 1. The fourth-order valence-electron chi connectivity index (χ4n) is 3.32. The van der Waals surface area contributed by atoms with Gasteiger partial charge in [0.25, 0.3) is 5.91 Å². The van der Waals surface area contributed by atoms with Crippen molar-refractivity contribution >= 4 is 12.0 Å². The number of methoxy groups -OCH3 is 1. The number of unbranched alkanes of at least 4 members (excludes halogenated alkanes) is 1. The maximum absolute atomic E-state index is 12.6. The van der Waals surface area contributed by atoms with Gasteiger partial charge in [-0.05, 0) is 43.2 Å². The first-order chi connectivity index (χ1) is 16.7. The number of rotatable bonds is 12. The molecule has 0 saturated carbocycles. The van der Waals surface area contributed by atoms with E-state index in [4.69, 9.17) is 14.6 Å². The average molecular weight is 459 g/mol. The van der Waals surface area contributed by atoms with E-state index in [1.807, 2.05) is 66.9 Å². The Morgan fingerprint density at radius 3 is 2.71 bits per heavy atom. The molecule has 0 saturated heterocycles. The number of nitriles is 1. The van der Waals surface area contributed by atoms with Gasteiger partial charge < -0.3 is 14.8 Å². The van der Waals surface area contributed by atoms with Crippen LogP contribution in [0.5, 0.6) is 5.75 Å². The van der Waals surface area contributed by atoms with Crippen molar-refractivity contribution in [2.45, 2.75) is 26.2 Å². The van der Waals surface area contributed by atoms with Crippen LogP contribution in [0.25, 0.3) is 23.0 Å². The molecule has 7 nitrogen and oxygen atoms in total. The van der Waals surface area contributed by atoms with Crippen LogP contribution in [0.4, 0.5) is 0 Å². The van der Waals surface area contributed by atoms with E-state index in [0.29, 0.717) is 37.4 Å². The van der Waals surface area contributed by atoms with Crippen molar-refractivity contribution in [2.24, 2.45) is 0 Å². The standard InChI is InChI=1S/C27H30N4O3/c1-3-4-16-34-25-13-8-10-21(18-25)26-23(20-31(30-26)24-11-6-5-7-12-24)17-22(19-28)27(32)29-14-9-15-33-2/h5-8,10-13,17-18,20H,3-4,9,14-16H2,1-2H3,(H,29,32)/b22-17-. The summed E-state index contributed by atoms with van der Waals surface area (Å²) in [5, 5.41) is 17.2. The number of ether oxygens (including phenoxy) is 2. The van der Waals surface area contributed by atoms with Crippen molar-refractivity contribution in [1.82, 2.24) is 15.1 Å². The van der Waals surface area contributed by atoms with E-state index >= 15 is 0 Å². The second kappa shape index (κ2) is 13.0. The molecule has 0 aliphatic heterocycles. The number of carbonyl (C=O) groups excluding carboxylic acids is 1. The van der Waals surface area contributed by atoms with E-state index in [1.165, 1.54) is 0 Å². The minimum Gasteiger partial charge on any atom is -0.494 e. The number of nitrogens with one attached hydrogen (secondary N) is 1. The van der Waals surface area contributed by atoms with E-state index in [-0.39, 0.29) is 5.57 Å². The van der Waals surface area contributed by atoms with Gasteiger partial charge in [0.1, 0.15) is 23.1 Å². The number of hydrogen-bond acceptors (Lipinski definition) is 5. The summed E-state index contributed by atoms with van der Waals surface area (Å²) < 4.78 is 12.6. The molecule has 3 aromatic rings. The molecule has 0 radical (unpaired) electrons. The largest absolute Gasteiger partial charge is 0.494 e. The summed E-state index contributed by atoms with van der Waals surface area (Å²) in [5.74, 6) is 0.334. The third kappa shape index (κ3) is 6.80. The Bertz CT molecular complexity index is 1150. The van der Waals surface area contributed by atoms with Gasteiger partial charge in [-0.1, -0.05) is 43.7 Å². The molecule has 7 heteroatoms. The average Bonchev–Trinajstić information content (AvgIpc) is 3.30. The molecular formula is C27H30N4O3. The lowest BCUT2D eigenvalue weighted by atomic mass is 10.1. The Morgan fingerprint density at radius 2 is 1.97 bits per heavy atom. The predicted octanol–water partition coefficient (Wildman–Crippen LogP) is 4.78. The van der Waals surface area contributed by atoms with Gasteiger partial charge in [-0.2, -0.15) is 10.4 Å². The molecule has 0 aliphatic rings. The first-order valence-corrected chi connectivity index (χ1v) is 11.4. The molecule has 3 rings (SSSR count). The van der Waals surface area contributed by atoms with E-state index in [9.17, 15) is 10.1 Å². The molecule has 2 aromatic carbocycles. The molecule has 1 heterocycles. The fourth-order valence-corrected chi connectivity index (χ4v) is 3.32. The monoisotopic (exact) mass is 458 g/mol. The van der Waals surface area contributed by atoms with Gasteiger partial charge in [-0.15, -0.1) is 0 Å². The van der Waals surface area contributed by atoms with Crippen LogP contribution in [0.3, 0.4) is 0 Å². The van der Waals surface area contributed by atoms with Crippen LogP contribution in [-0.4, -0.2) is 42.6 Å². The lowest BCUT2D eigenvalue weighted by molar-refractivity contribution is -0.117. The lowest BCUT2D eigenvalue weighted by Crippen LogP contribution is -2.26. The van der Waals surface area contributed by atoms with Gasteiger partial charge >= 0.3 is 0 Å². The zero-order valence-corrected chi connectivity index (χ0v) is 19.7. The van der Waals surface area contributed by atoms with Crippen LogP contribution >= 0.6 is 0 Å². The number of nitrogens with zero attached hydrogens (tertiary/aromatic N) is 3. The van der Waals surface area contributed by atoms with Crippen LogP contribution in [-0.2, 0) is 9.53 Å². The van der Waals surface area contributed by atoms with Crippen molar-refractivity contribution < 1.29 is 14.3 Å². The Morgan fingerprint density at radius 1 is 1.15 bits per heavy atom. The summed E-state index contributed by atoms with van der Waals surface area (Å²) in [6.07, 6.45) is 6.11. The first kappa shape index (κ1) is 24.7. The van der Waals surface area contributed by atoms with E-state index in [1.54, 1.807) is 17.9 Å². The number of hydrogen-bond donors (Lipinski definition) is 1. The van der Waals surface area contributed by atoms with E-state index in [2.05, 4.69) is 12.2 Å². The highest BCUT2D eigenvalue weighted by Crippen LogP contribution is 2.28. The molecule has 0 aliphatic carbocycles. The molecular weight excluding hydrogens is 428 g/mol. The highest BCUT2D eigenvalue weighted by molar-refractivity contribution is 6.02. The quantitative estimate of drug-likeness (QED) is 0.240. The van der Waals surface area contributed by atoms with E-state index in [0.717, 1.165) is 29.8 Å². The summed E-state index contributed by atoms with van der Waals surface area (Å²) in [4.78, 5) is 12.6. The number of benzene rings is 2. The molecule has 0 unspecified atom stereocenters. The SMILES string of the molecule is CCCCOc1cccc(-c2nn(-c3ccccc3)cc2/C=C(/C#N)C(=O)NCCCOC)c1. The summed E-state index contributed by atoms with van der Waals surface area (Å²) in [7, 11) is 1.61. The van der Waals surface area contributed by atoms with E-state index < -0.39 is 5.91 Å². The van der Waals surface area contributed by atoms with Gasteiger partial charge in [-0.3, -0.25) is 4.79 Å². The topological polar surface area (TPSA) is 89.2 Å². The Labute approximate surface area is 200 Å². The molecule has 0 atom stereocenters. The van der Waals surface area contributed by atoms with Crippen molar-refractivity contribution in [1.29, 1.82) is 5.26 Å². The normalized spacial score (nSPS) is 11.1.